The van der Waals surface area contributed by atoms with E-state index in [1.54, 1.807) is 0 Å². The van der Waals surface area contributed by atoms with Crippen LogP contribution in [0.25, 0.3) is 150 Å². The Kier molecular flexibility index (Phi) is 9.78. The summed E-state index contributed by atoms with van der Waals surface area (Å²) in [5.74, 6) is 1.77. The Balaban J connectivity index is 0.867. The average molecular weight is 959 g/mol. The van der Waals surface area contributed by atoms with Gasteiger partial charge in [0.05, 0.1) is 16.7 Å². The van der Waals surface area contributed by atoms with E-state index < -0.39 is 0 Å². The first-order valence-corrected chi connectivity index (χ1v) is 25.2. The van der Waals surface area contributed by atoms with Crippen molar-refractivity contribution in [1.29, 1.82) is 0 Å². The summed E-state index contributed by atoms with van der Waals surface area (Å²) >= 11 is 0. The SMILES string of the molecule is c1ccc(-c2ccc(-c3nc(-c4ccccc4)nc(-c4cccc5oc6ccc(-c7cccc(-c8cc(-n9c%10ccccc%10c%10cc(-c%11ccccc%11)ccc%109)c9oc%10ccccc%10c9c8)c7)cc6c45)n3)cc2)cc1. The van der Waals surface area contributed by atoms with E-state index in [0.29, 0.717) is 17.5 Å². The number of hydrogen-bond donors (Lipinski definition) is 0. The maximum absolute atomic E-state index is 6.83. The van der Waals surface area contributed by atoms with Crippen molar-refractivity contribution in [2.75, 3.05) is 0 Å². The van der Waals surface area contributed by atoms with Crippen LogP contribution in [0.5, 0.6) is 0 Å². The third-order valence-electron chi connectivity index (χ3n) is 14.7. The molecular weight excluding hydrogens is 917 g/mol. The zero-order chi connectivity index (χ0) is 49.4. The summed E-state index contributed by atoms with van der Waals surface area (Å²) in [7, 11) is 0. The molecule has 0 bridgehead atoms. The first kappa shape index (κ1) is 42.5. The largest absolute Gasteiger partial charge is 0.456 e. The number of nitrogens with zero attached hydrogens (tertiary/aromatic N) is 4. The average Bonchev–Trinajstić information content (AvgIpc) is 4.22. The number of hydrogen-bond acceptors (Lipinski definition) is 5. The van der Waals surface area contributed by atoms with E-state index in [4.69, 9.17) is 23.8 Å². The summed E-state index contributed by atoms with van der Waals surface area (Å²) in [5, 5.41) is 6.45. The molecule has 0 N–H and O–H groups in total. The fourth-order valence-corrected chi connectivity index (χ4v) is 11.0. The van der Waals surface area contributed by atoms with Crippen LogP contribution in [-0.2, 0) is 0 Å². The summed E-state index contributed by atoms with van der Waals surface area (Å²) in [6.45, 7) is 0. The van der Waals surface area contributed by atoms with Crippen molar-refractivity contribution in [1.82, 2.24) is 19.5 Å². The second kappa shape index (κ2) is 17.3. The van der Waals surface area contributed by atoms with E-state index >= 15 is 0 Å². The van der Waals surface area contributed by atoms with Crippen LogP contribution in [0.2, 0.25) is 0 Å². The van der Waals surface area contributed by atoms with E-state index in [0.717, 1.165) is 111 Å². The Labute approximate surface area is 431 Å². The van der Waals surface area contributed by atoms with Crippen LogP contribution in [0.15, 0.2) is 264 Å². The highest BCUT2D eigenvalue weighted by Gasteiger charge is 2.22. The smallest absolute Gasteiger partial charge is 0.164 e. The minimum Gasteiger partial charge on any atom is -0.456 e. The van der Waals surface area contributed by atoms with Crippen molar-refractivity contribution in [3.8, 4) is 84.4 Å². The van der Waals surface area contributed by atoms with Gasteiger partial charge in [0.2, 0.25) is 0 Å². The Morgan fingerprint density at radius 3 is 1.52 bits per heavy atom. The molecule has 6 nitrogen and oxygen atoms in total. The summed E-state index contributed by atoms with van der Waals surface area (Å²) in [4.78, 5) is 15.4. The molecule has 0 unspecified atom stereocenters. The number of rotatable bonds is 8. The molecule has 0 radical (unpaired) electrons. The van der Waals surface area contributed by atoms with Gasteiger partial charge in [0.15, 0.2) is 23.1 Å². The third-order valence-corrected chi connectivity index (χ3v) is 14.7. The molecule has 4 aromatic heterocycles. The maximum atomic E-state index is 6.83. The highest BCUT2D eigenvalue weighted by Crippen LogP contribution is 2.43. The van der Waals surface area contributed by atoms with Crippen LogP contribution in [0.3, 0.4) is 0 Å². The van der Waals surface area contributed by atoms with E-state index in [9.17, 15) is 0 Å². The van der Waals surface area contributed by atoms with Gasteiger partial charge in [0, 0.05) is 49.0 Å². The molecule has 0 atom stereocenters. The molecule has 15 aromatic rings. The predicted molar refractivity (Wildman–Crippen MR) is 307 cm³/mol. The van der Waals surface area contributed by atoms with Crippen LogP contribution >= 0.6 is 0 Å². The number of aromatic nitrogens is 4. The van der Waals surface area contributed by atoms with Gasteiger partial charge in [0.1, 0.15) is 16.7 Å². The monoisotopic (exact) mass is 958 g/mol. The molecule has 6 heteroatoms. The highest BCUT2D eigenvalue weighted by molar-refractivity contribution is 6.15. The summed E-state index contributed by atoms with van der Waals surface area (Å²) < 4.78 is 15.8. The fourth-order valence-electron chi connectivity index (χ4n) is 11.0. The highest BCUT2D eigenvalue weighted by atomic mass is 16.3. The molecule has 11 aromatic carbocycles. The second-order valence-corrected chi connectivity index (χ2v) is 19.1. The molecule has 0 saturated carbocycles. The van der Waals surface area contributed by atoms with Gasteiger partial charge >= 0.3 is 0 Å². The van der Waals surface area contributed by atoms with Crippen molar-refractivity contribution in [3.05, 3.63) is 255 Å². The number of para-hydroxylation sites is 2. The molecule has 4 heterocycles. The van der Waals surface area contributed by atoms with E-state index in [1.165, 1.54) is 21.9 Å². The standard InChI is InChI=1S/C69H42N4O2/c1-4-16-43(17-5-1)45-30-32-47(33-31-45)68-70-67(46-20-8-3-9-21-46)71-69(72-68)55-26-15-29-64-65(55)58-40-51(35-37-63(58)74-64)48-22-14-23-49(38-48)52-41-57-54-25-11-13-28-62(54)75-66(57)61(42-52)73-59-27-12-10-24-53(59)56-39-50(34-36-60(56)73)44-18-6-2-7-19-44/h1-42H. The summed E-state index contributed by atoms with van der Waals surface area (Å²) in [5.41, 5.74) is 18.1. The minimum absolute atomic E-state index is 0.574. The fraction of sp³-hybridized carbons (Fsp3) is 0. The summed E-state index contributed by atoms with van der Waals surface area (Å²) in [6.07, 6.45) is 0. The lowest BCUT2D eigenvalue weighted by molar-refractivity contribution is 0.666. The molecule has 0 aliphatic carbocycles. The Morgan fingerprint density at radius 1 is 0.267 bits per heavy atom. The lowest BCUT2D eigenvalue weighted by Gasteiger charge is -2.13. The topological polar surface area (TPSA) is 69.9 Å². The lowest BCUT2D eigenvalue weighted by atomic mass is 9.96. The molecule has 0 amide bonds. The molecule has 0 aliphatic heterocycles. The Morgan fingerprint density at radius 2 is 0.747 bits per heavy atom. The van der Waals surface area contributed by atoms with Gasteiger partial charge in [-0.25, -0.2) is 15.0 Å². The number of fused-ring (bicyclic) bond motifs is 9. The van der Waals surface area contributed by atoms with Crippen molar-refractivity contribution >= 4 is 65.7 Å². The zero-order valence-corrected chi connectivity index (χ0v) is 40.4. The molecule has 15 rings (SSSR count). The van der Waals surface area contributed by atoms with Gasteiger partial charge in [-0.15, -0.1) is 0 Å². The van der Waals surface area contributed by atoms with Gasteiger partial charge in [-0.2, -0.15) is 0 Å². The van der Waals surface area contributed by atoms with Gasteiger partial charge < -0.3 is 13.4 Å². The first-order chi connectivity index (χ1) is 37.1. The summed E-state index contributed by atoms with van der Waals surface area (Å²) in [6, 6.07) is 89.4. The van der Waals surface area contributed by atoms with E-state index in [2.05, 4.69) is 205 Å². The predicted octanol–water partition coefficient (Wildman–Crippen LogP) is 18.4. The zero-order valence-electron chi connectivity index (χ0n) is 40.4. The number of benzene rings is 11. The first-order valence-electron chi connectivity index (χ1n) is 25.2. The van der Waals surface area contributed by atoms with Gasteiger partial charge in [-0.05, 0) is 105 Å². The van der Waals surface area contributed by atoms with Crippen molar-refractivity contribution in [2.45, 2.75) is 0 Å². The van der Waals surface area contributed by atoms with Crippen LogP contribution in [-0.4, -0.2) is 19.5 Å². The molecule has 0 aliphatic rings. The normalized spacial score (nSPS) is 11.7. The molecule has 0 saturated heterocycles. The van der Waals surface area contributed by atoms with Gasteiger partial charge in [-0.3, -0.25) is 0 Å². The third kappa shape index (κ3) is 7.22. The maximum Gasteiger partial charge on any atom is 0.164 e. The van der Waals surface area contributed by atoms with Crippen LogP contribution in [0.1, 0.15) is 0 Å². The van der Waals surface area contributed by atoms with E-state index in [1.807, 2.05) is 54.6 Å². The molecule has 350 valence electrons. The van der Waals surface area contributed by atoms with Crippen molar-refractivity contribution in [2.24, 2.45) is 0 Å². The van der Waals surface area contributed by atoms with Crippen molar-refractivity contribution < 1.29 is 8.83 Å². The van der Waals surface area contributed by atoms with Crippen molar-refractivity contribution in [3.63, 3.8) is 0 Å². The quantitative estimate of drug-likeness (QED) is 0.152. The molecule has 0 fully saturated rings. The van der Waals surface area contributed by atoms with Crippen LogP contribution < -0.4 is 0 Å². The van der Waals surface area contributed by atoms with Crippen LogP contribution in [0, 0.1) is 0 Å². The minimum atomic E-state index is 0.574. The Hall–Kier alpha value is -10.2. The lowest BCUT2D eigenvalue weighted by Crippen LogP contribution is -2.00. The molecular formula is C69H42N4O2. The van der Waals surface area contributed by atoms with Crippen LogP contribution in [0.4, 0.5) is 0 Å². The Bertz CT molecular complexity index is 4690. The number of furan rings is 2. The molecule has 75 heavy (non-hydrogen) atoms. The van der Waals surface area contributed by atoms with Gasteiger partial charge in [-0.1, -0.05) is 194 Å². The molecule has 0 spiro atoms. The van der Waals surface area contributed by atoms with E-state index in [-0.39, 0.29) is 0 Å². The second-order valence-electron chi connectivity index (χ2n) is 19.1. The van der Waals surface area contributed by atoms with Gasteiger partial charge in [0.25, 0.3) is 0 Å².